The van der Waals surface area contributed by atoms with Gasteiger partial charge in [-0.1, -0.05) is 23.9 Å². The van der Waals surface area contributed by atoms with Crippen molar-refractivity contribution in [2.45, 2.75) is 26.3 Å². The minimum atomic E-state index is 0.210. The van der Waals surface area contributed by atoms with E-state index in [1.54, 1.807) is 0 Å². The summed E-state index contributed by atoms with van der Waals surface area (Å²) in [5.41, 5.74) is 0.210. The Labute approximate surface area is 102 Å². The van der Waals surface area contributed by atoms with Gasteiger partial charge in [-0.2, -0.15) is 29.0 Å². The highest BCUT2D eigenvalue weighted by Crippen LogP contribution is 2.31. The molecule has 0 aromatic rings. The van der Waals surface area contributed by atoms with E-state index in [0.29, 0.717) is 0 Å². The molecule has 0 spiro atoms. The van der Waals surface area contributed by atoms with Gasteiger partial charge in [-0.25, -0.2) is 0 Å². The molecule has 5 heteroatoms. The summed E-state index contributed by atoms with van der Waals surface area (Å²) in [5, 5.41) is 0. The quantitative estimate of drug-likeness (QED) is 0.556. The van der Waals surface area contributed by atoms with Crippen LogP contribution in [-0.4, -0.2) is 32.3 Å². The third-order valence-electron chi connectivity index (χ3n) is 1.15. The summed E-state index contributed by atoms with van der Waals surface area (Å²) in [6.07, 6.45) is 0. The van der Waals surface area contributed by atoms with Gasteiger partial charge in [-0.05, 0) is 20.8 Å². The first-order chi connectivity index (χ1) is 6.02. The van der Waals surface area contributed by atoms with Gasteiger partial charge in [0.05, 0.1) is 0 Å². The number of rotatable bonds is 6. The number of hydrogen-bond donors (Lipinski definition) is 2. The van der Waals surface area contributed by atoms with Crippen LogP contribution in [0.2, 0.25) is 0 Å². The Morgan fingerprint density at radius 3 is 1.62 bits per heavy atom. The average Bonchev–Trinajstić information content (AvgIpc) is 2.02. The smallest absolute Gasteiger partial charge is 0.0341 e. The van der Waals surface area contributed by atoms with Crippen LogP contribution in [0.15, 0.2) is 0 Å². The van der Waals surface area contributed by atoms with Crippen molar-refractivity contribution in [3.8, 4) is 0 Å². The number of nitrogens with zero attached hydrogens (tertiary/aromatic N) is 1. The van der Waals surface area contributed by atoms with E-state index in [-0.39, 0.29) is 5.54 Å². The van der Waals surface area contributed by atoms with Crippen molar-refractivity contribution < 1.29 is 0 Å². The van der Waals surface area contributed by atoms with E-state index in [2.05, 4.69) is 49.7 Å². The molecule has 0 radical (unpaired) electrons. The predicted molar refractivity (Wildman–Crippen MR) is 74.2 cm³/mol. The van der Waals surface area contributed by atoms with Crippen molar-refractivity contribution in [3.63, 3.8) is 0 Å². The van der Waals surface area contributed by atoms with Gasteiger partial charge in [0.15, 0.2) is 0 Å². The molecule has 0 aromatic heterocycles. The molecule has 0 unspecified atom stereocenters. The number of hydrogen-bond acceptors (Lipinski definition) is 5. The molecule has 13 heavy (non-hydrogen) atoms. The highest BCUT2D eigenvalue weighted by Gasteiger charge is 2.21. The molecule has 0 heterocycles. The highest BCUT2D eigenvalue weighted by atomic mass is 32.2. The first-order valence-corrected chi connectivity index (χ1v) is 7.45. The van der Waals surface area contributed by atoms with Crippen molar-refractivity contribution in [1.82, 2.24) is 3.71 Å². The summed E-state index contributed by atoms with van der Waals surface area (Å²) >= 11 is 12.1. The first-order valence-electron chi connectivity index (χ1n) is 4.30. The second-order valence-corrected chi connectivity index (χ2v) is 6.73. The molecule has 0 fully saturated rings. The second kappa shape index (κ2) is 7.63. The minimum absolute atomic E-state index is 0.210. The Morgan fingerprint density at radius 2 is 1.38 bits per heavy atom. The maximum Gasteiger partial charge on any atom is 0.0341 e. The van der Waals surface area contributed by atoms with E-state index >= 15 is 0 Å². The van der Waals surface area contributed by atoms with Crippen molar-refractivity contribution in [3.05, 3.63) is 0 Å². The molecule has 1 nitrogen and oxygen atoms in total. The Bertz CT molecular complexity index is 116. The summed E-state index contributed by atoms with van der Waals surface area (Å²) in [4.78, 5) is 0. The van der Waals surface area contributed by atoms with Crippen LogP contribution >= 0.6 is 49.2 Å². The van der Waals surface area contributed by atoms with Crippen LogP contribution in [0.1, 0.15) is 20.8 Å². The number of thiol groups is 2. The second-order valence-electron chi connectivity index (χ2n) is 3.54. The van der Waals surface area contributed by atoms with Gasteiger partial charge in [0.25, 0.3) is 0 Å². The lowest BCUT2D eigenvalue weighted by Crippen LogP contribution is -2.31. The lowest BCUT2D eigenvalue weighted by atomic mass is 10.1. The molecular weight excluding hydrogens is 238 g/mol. The molecule has 0 amide bonds. The Morgan fingerprint density at radius 1 is 1.00 bits per heavy atom. The van der Waals surface area contributed by atoms with Gasteiger partial charge in [0, 0.05) is 28.6 Å². The monoisotopic (exact) mass is 257 g/mol. The molecule has 0 aliphatic rings. The summed E-state index contributed by atoms with van der Waals surface area (Å²) in [5.74, 6) is 4.00. The van der Waals surface area contributed by atoms with Gasteiger partial charge in [-0.15, -0.1) is 0 Å². The average molecular weight is 258 g/mol. The summed E-state index contributed by atoms with van der Waals surface area (Å²) in [6, 6.07) is 0. The molecule has 80 valence electrons. The minimum Gasteiger partial charge on any atom is -0.189 e. The zero-order chi connectivity index (χ0) is 10.3. The fourth-order valence-electron chi connectivity index (χ4n) is 0.672. The maximum absolute atomic E-state index is 4.21. The summed E-state index contributed by atoms with van der Waals surface area (Å²) < 4.78 is 2.35. The fraction of sp³-hybridized carbons (Fsp3) is 1.00. The first kappa shape index (κ1) is 14.4. The lowest BCUT2D eigenvalue weighted by molar-refractivity contribution is 0.412. The van der Waals surface area contributed by atoms with E-state index < -0.39 is 0 Å². The summed E-state index contributed by atoms with van der Waals surface area (Å²) in [7, 11) is 0. The van der Waals surface area contributed by atoms with Gasteiger partial charge in [-0.3, -0.25) is 0 Å². The van der Waals surface area contributed by atoms with Crippen LogP contribution in [-0.2, 0) is 0 Å². The van der Waals surface area contributed by atoms with E-state index in [4.69, 9.17) is 0 Å². The lowest BCUT2D eigenvalue weighted by Gasteiger charge is -2.32. The molecule has 0 saturated heterocycles. The molecule has 0 atom stereocenters. The van der Waals surface area contributed by atoms with Gasteiger partial charge in [0.1, 0.15) is 0 Å². The molecule has 0 aromatic carbocycles. The normalized spacial score (nSPS) is 12.5. The van der Waals surface area contributed by atoms with E-state index in [1.165, 1.54) is 0 Å². The zero-order valence-electron chi connectivity index (χ0n) is 8.49. The third kappa shape index (κ3) is 7.31. The van der Waals surface area contributed by atoms with Crippen molar-refractivity contribution in [2.24, 2.45) is 0 Å². The van der Waals surface area contributed by atoms with Crippen LogP contribution in [0.25, 0.3) is 0 Å². The van der Waals surface area contributed by atoms with Crippen molar-refractivity contribution in [1.29, 1.82) is 0 Å². The highest BCUT2D eigenvalue weighted by molar-refractivity contribution is 8.12. The Kier molecular flexibility index (Phi) is 8.42. The van der Waals surface area contributed by atoms with Crippen molar-refractivity contribution in [2.75, 3.05) is 23.0 Å². The van der Waals surface area contributed by atoms with Gasteiger partial charge < -0.3 is 0 Å². The van der Waals surface area contributed by atoms with E-state index in [0.717, 1.165) is 23.0 Å². The predicted octanol–water partition coefficient (Wildman–Crippen LogP) is 3.24. The van der Waals surface area contributed by atoms with Crippen LogP contribution in [0.4, 0.5) is 0 Å². The maximum atomic E-state index is 4.21. The van der Waals surface area contributed by atoms with Crippen molar-refractivity contribution >= 4 is 49.2 Å². The molecule has 0 aliphatic carbocycles. The third-order valence-corrected chi connectivity index (χ3v) is 5.17. The van der Waals surface area contributed by atoms with E-state index in [1.807, 2.05) is 23.9 Å². The molecule has 0 rings (SSSR count). The molecule has 0 bridgehead atoms. The zero-order valence-corrected chi connectivity index (χ0v) is 11.9. The Balaban J connectivity index is 3.88. The van der Waals surface area contributed by atoms with Crippen LogP contribution in [0.5, 0.6) is 0 Å². The summed E-state index contributed by atoms with van der Waals surface area (Å²) in [6.45, 7) is 6.68. The van der Waals surface area contributed by atoms with Crippen LogP contribution in [0.3, 0.4) is 0 Å². The Hall–Kier alpha value is 1.36. The van der Waals surface area contributed by atoms with Crippen LogP contribution < -0.4 is 0 Å². The standard InChI is InChI=1S/C8H19NS4/c1-8(2,3)9(12-6-4-10)13-7-5-11/h10-11H,4-7H2,1-3H3. The molecule has 0 N–H and O–H groups in total. The van der Waals surface area contributed by atoms with Crippen LogP contribution in [0, 0.1) is 0 Å². The van der Waals surface area contributed by atoms with E-state index in [9.17, 15) is 0 Å². The molecule has 0 saturated carbocycles. The largest absolute Gasteiger partial charge is 0.189 e. The van der Waals surface area contributed by atoms with Gasteiger partial charge >= 0.3 is 0 Å². The fourth-order valence-corrected chi connectivity index (χ4v) is 3.18. The molecule has 0 aliphatic heterocycles. The molecular formula is C8H19NS4. The topological polar surface area (TPSA) is 3.24 Å². The van der Waals surface area contributed by atoms with Gasteiger partial charge in [0.2, 0.25) is 0 Å². The SMILES string of the molecule is CC(C)(C)N(SCCS)SCCS.